The van der Waals surface area contributed by atoms with E-state index in [1.807, 2.05) is 18.7 Å². The van der Waals surface area contributed by atoms with Gasteiger partial charge in [-0.15, -0.1) is 11.8 Å². The first-order valence-electron chi connectivity index (χ1n) is 6.28. The summed E-state index contributed by atoms with van der Waals surface area (Å²) in [7, 11) is 0. The summed E-state index contributed by atoms with van der Waals surface area (Å²) in [4.78, 5) is 12.3. The van der Waals surface area contributed by atoms with Crippen LogP contribution in [0.25, 0.3) is 0 Å². The molecule has 3 nitrogen and oxygen atoms in total. The Kier molecular flexibility index (Phi) is 7.53. The van der Waals surface area contributed by atoms with Crippen molar-refractivity contribution in [2.45, 2.75) is 25.2 Å². The van der Waals surface area contributed by atoms with Crippen molar-refractivity contribution in [2.75, 3.05) is 25.4 Å². The molecule has 0 unspecified atom stereocenters. The first kappa shape index (κ1) is 15.1. The molecule has 0 radical (unpaired) electrons. The zero-order valence-corrected chi connectivity index (χ0v) is 11.9. The van der Waals surface area contributed by atoms with Gasteiger partial charge >= 0.3 is 5.97 Å². The fourth-order valence-electron chi connectivity index (χ4n) is 1.42. The van der Waals surface area contributed by atoms with Gasteiger partial charge in [0.1, 0.15) is 0 Å². The van der Waals surface area contributed by atoms with Crippen molar-refractivity contribution in [2.24, 2.45) is 0 Å². The van der Waals surface area contributed by atoms with Crippen LogP contribution in [0.4, 0.5) is 0 Å². The van der Waals surface area contributed by atoms with Crippen molar-refractivity contribution in [3.8, 4) is 0 Å². The number of carbonyl (C=O) groups is 1. The van der Waals surface area contributed by atoms with Gasteiger partial charge in [-0.2, -0.15) is 0 Å². The van der Waals surface area contributed by atoms with Crippen molar-refractivity contribution >= 4 is 17.7 Å². The van der Waals surface area contributed by atoms with Gasteiger partial charge in [0.15, 0.2) is 0 Å². The zero-order valence-electron chi connectivity index (χ0n) is 11.1. The molecule has 1 N–H and O–H groups in total. The van der Waals surface area contributed by atoms with Gasteiger partial charge in [-0.25, -0.2) is 0 Å². The van der Waals surface area contributed by atoms with Gasteiger partial charge in [-0.3, -0.25) is 4.79 Å². The van der Waals surface area contributed by atoms with Crippen molar-refractivity contribution < 1.29 is 9.53 Å². The van der Waals surface area contributed by atoms with Crippen molar-refractivity contribution in [1.29, 1.82) is 0 Å². The number of aryl methyl sites for hydroxylation is 1. The van der Waals surface area contributed by atoms with E-state index < -0.39 is 0 Å². The van der Waals surface area contributed by atoms with Crippen LogP contribution in [0.1, 0.15) is 18.9 Å². The Morgan fingerprint density at radius 2 is 2.00 bits per heavy atom. The molecule has 100 valence electrons. The molecule has 1 aromatic carbocycles. The van der Waals surface area contributed by atoms with Crippen molar-refractivity contribution in [3.05, 3.63) is 29.8 Å². The average Bonchev–Trinajstić information content (AvgIpc) is 2.36. The van der Waals surface area contributed by atoms with Crippen LogP contribution >= 0.6 is 11.8 Å². The highest BCUT2D eigenvalue weighted by molar-refractivity contribution is 7.99. The molecule has 4 heteroatoms. The summed E-state index contributed by atoms with van der Waals surface area (Å²) < 4.78 is 4.84. The molecule has 0 fully saturated rings. The van der Waals surface area contributed by atoms with Crippen LogP contribution in [-0.4, -0.2) is 31.4 Å². The Morgan fingerprint density at radius 1 is 1.28 bits per heavy atom. The van der Waals surface area contributed by atoms with Gasteiger partial charge < -0.3 is 10.1 Å². The zero-order chi connectivity index (χ0) is 13.2. The molecule has 0 aliphatic carbocycles. The van der Waals surface area contributed by atoms with Crippen LogP contribution in [-0.2, 0) is 9.53 Å². The molecule has 0 saturated carbocycles. The number of ether oxygens (including phenoxy) is 1. The van der Waals surface area contributed by atoms with E-state index in [2.05, 4.69) is 36.5 Å². The molecule has 1 rings (SSSR count). The number of hydrogen-bond acceptors (Lipinski definition) is 4. The van der Waals surface area contributed by atoms with Gasteiger partial charge in [-0.05, 0) is 26.0 Å². The molecule has 0 aromatic heterocycles. The second-order valence-electron chi connectivity index (χ2n) is 3.97. The minimum Gasteiger partial charge on any atom is -0.466 e. The van der Waals surface area contributed by atoms with Gasteiger partial charge in [0.25, 0.3) is 0 Å². The van der Waals surface area contributed by atoms with Gasteiger partial charge in [0.05, 0.1) is 13.0 Å². The fraction of sp³-hybridized carbons (Fsp3) is 0.500. The van der Waals surface area contributed by atoms with E-state index in [9.17, 15) is 4.79 Å². The Labute approximate surface area is 113 Å². The summed E-state index contributed by atoms with van der Waals surface area (Å²) in [5.41, 5.74) is 1.28. The van der Waals surface area contributed by atoms with Gasteiger partial charge in [-0.1, -0.05) is 17.7 Å². The Morgan fingerprint density at radius 3 is 2.67 bits per heavy atom. The second-order valence-corrected chi connectivity index (χ2v) is 5.13. The predicted octanol–water partition coefficient (Wildman–Crippen LogP) is 2.63. The molecule has 0 heterocycles. The number of hydrogen-bond donors (Lipinski definition) is 1. The van der Waals surface area contributed by atoms with Crippen LogP contribution in [0.2, 0.25) is 0 Å². The van der Waals surface area contributed by atoms with E-state index in [4.69, 9.17) is 4.74 Å². The number of benzene rings is 1. The lowest BCUT2D eigenvalue weighted by molar-refractivity contribution is -0.142. The standard InChI is InChI=1S/C14H21NO2S/c1-3-17-14(16)8-9-15-10-11-18-13-6-4-12(2)5-7-13/h4-7,15H,3,8-11H2,1-2H3. The maximum absolute atomic E-state index is 11.1. The van der Waals surface area contributed by atoms with Crippen LogP contribution in [0.3, 0.4) is 0 Å². The van der Waals surface area contributed by atoms with E-state index in [1.54, 1.807) is 0 Å². The number of rotatable bonds is 8. The molecule has 18 heavy (non-hydrogen) atoms. The maximum Gasteiger partial charge on any atom is 0.307 e. The molecule has 1 aromatic rings. The van der Waals surface area contributed by atoms with E-state index >= 15 is 0 Å². The van der Waals surface area contributed by atoms with Gasteiger partial charge in [0.2, 0.25) is 0 Å². The Hall–Kier alpha value is -1.00. The average molecular weight is 267 g/mol. The minimum absolute atomic E-state index is 0.129. The van der Waals surface area contributed by atoms with Crippen LogP contribution in [0.15, 0.2) is 29.2 Å². The highest BCUT2D eigenvalue weighted by Gasteiger charge is 2.00. The highest BCUT2D eigenvalue weighted by atomic mass is 32.2. The largest absolute Gasteiger partial charge is 0.466 e. The molecule has 0 aliphatic rings. The fourth-order valence-corrected chi connectivity index (χ4v) is 2.23. The third-order valence-corrected chi connectivity index (χ3v) is 3.39. The number of carbonyl (C=O) groups excluding carboxylic acids is 1. The van der Waals surface area contributed by atoms with Crippen LogP contribution in [0.5, 0.6) is 0 Å². The highest BCUT2D eigenvalue weighted by Crippen LogP contribution is 2.17. The normalized spacial score (nSPS) is 10.3. The summed E-state index contributed by atoms with van der Waals surface area (Å²) in [6, 6.07) is 8.52. The minimum atomic E-state index is -0.129. The Balaban J connectivity index is 2.02. The number of thioether (sulfide) groups is 1. The Bertz CT molecular complexity index is 351. The summed E-state index contributed by atoms with van der Waals surface area (Å²) in [5, 5.41) is 3.23. The smallest absolute Gasteiger partial charge is 0.307 e. The summed E-state index contributed by atoms with van der Waals surface area (Å²) in [6.07, 6.45) is 0.447. The molecule has 0 aliphatic heterocycles. The molecular formula is C14H21NO2S. The lowest BCUT2D eigenvalue weighted by Gasteiger charge is -2.05. The van der Waals surface area contributed by atoms with E-state index in [0.717, 1.165) is 12.3 Å². The first-order chi connectivity index (χ1) is 8.72. The van der Waals surface area contributed by atoms with E-state index in [-0.39, 0.29) is 5.97 Å². The lowest BCUT2D eigenvalue weighted by atomic mass is 10.2. The number of nitrogens with one attached hydrogen (secondary N) is 1. The molecule has 0 spiro atoms. The molecule has 0 atom stereocenters. The molecular weight excluding hydrogens is 246 g/mol. The monoisotopic (exact) mass is 267 g/mol. The van der Waals surface area contributed by atoms with Crippen LogP contribution < -0.4 is 5.32 Å². The summed E-state index contributed by atoms with van der Waals surface area (Å²) in [5.74, 6) is 0.877. The topological polar surface area (TPSA) is 38.3 Å². The van der Waals surface area contributed by atoms with Crippen molar-refractivity contribution in [1.82, 2.24) is 5.32 Å². The quantitative estimate of drug-likeness (QED) is 0.446. The molecule has 0 amide bonds. The third-order valence-electron chi connectivity index (χ3n) is 2.38. The van der Waals surface area contributed by atoms with E-state index in [0.29, 0.717) is 19.6 Å². The third kappa shape index (κ3) is 6.67. The SMILES string of the molecule is CCOC(=O)CCNCCSc1ccc(C)cc1. The van der Waals surface area contributed by atoms with Crippen molar-refractivity contribution in [3.63, 3.8) is 0 Å². The first-order valence-corrected chi connectivity index (χ1v) is 7.26. The summed E-state index contributed by atoms with van der Waals surface area (Å²) in [6.45, 7) is 5.96. The lowest BCUT2D eigenvalue weighted by Crippen LogP contribution is -2.21. The number of esters is 1. The van der Waals surface area contributed by atoms with E-state index in [1.165, 1.54) is 10.5 Å². The molecule has 0 saturated heterocycles. The maximum atomic E-state index is 11.1. The predicted molar refractivity (Wildman–Crippen MR) is 76.0 cm³/mol. The van der Waals surface area contributed by atoms with Gasteiger partial charge in [0, 0.05) is 23.7 Å². The van der Waals surface area contributed by atoms with Crippen LogP contribution in [0, 0.1) is 6.92 Å². The summed E-state index contributed by atoms with van der Waals surface area (Å²) >= 11 is 1.82. The second kappa shape index (κ2) is 9.00. The molecule has 0 bridgehead atoms.